The first kappa shape index (κ1) is 19.6. The molecule has 0 saturated carbocycles. The highest BCUT2D eigenvalue weighted by molar-refractivity contribution is 6.07. The highest BCUT2D eigenvalue weighted by Gasteiger charge is 2.21. The van der Waals surface area contributed by atoms with Gasteiger partial charge in [-0.3, -0.25) is 9.59 Å². The number of anilines is 1. The molecule has 0 spiro atoms. The number of para-hydroxylation sites is 1. The third kappa shape index (κ3) is 3.77. The van der Waals surface area contributed by atoms with Crippen LogP contribution in [-0.4, -0.2) is 10.9 Å². The first-order valence-corrected chi connectivity index (χ1v) is 10.00. The van der Waals surface area contributed by atoms with Crippen molar-refractivity contribution in [1.29, 1.82) is 0 Å². The fourth-order valence-electron chi connectivity index (χ4n) is 3.75. The lowest BCUT2D eigenvalue weighted by Crippen LogP contribution is -2.33. The summed E-state index contributed by atoms with van der Waals surface area (Å²) in [5.74, 6) is -0.123. The number of nitrogens with zero attached hydrogens (tertiary/aromatic N) is 1. The van der Waals surface area contributed by atoms with Gasteiger partial charge in [-0.15, -0.1) is 0 Å². The summed E-state index contributed by atoms with van der Waals surface area (Å²) in [5.41, 5.74) is 5.59. The molecule has 150 valence electrons. The molecule has 0 fully saturated rings. The van der Waals surface area contributed by atoms with Crippen molar-refractivity contribution in [3.63, 3.8) is 0 Å². The zero-order chi connectivity index (χ0) is 21.3. The maximum Gasteiger partial charge on any atom is 0.258 e. The molecule has 3 aromatic carbocycles. The van der Waals surface area contributed by atoms with E-state index < -0.39 is 0 Å². The van der Waals surface area contributed by atoms with Crippen molar-refractivity contribution in [1.82, 2.24) is 4.98 Å². The number of H-pyrrole nitrogens is 1. The lowest BCUT2D eigenvalue weighted by atomic mass is 10.1. The van der Waals surface area contributed by atoms with Gasteiger partial charge in [0.1, 0.15) is 0 Å². The molecule has 1 N–H and O–H groups in total. The van der Waals surface area contributed by atoms with E-state index in [1.54, 1.807) is 4.90 Å². The van der Waals surface area contributed by atoms with Gasteiger partial charge in [0.2, 0.25) is 0 Å². The van der Waals surface area contributed by atoms with Crippen LogP contribution in [0.1, 0.15) is 32.6 Å². The Bertz CT molecular complexity index is 1300. The Morgan fingerprint density at radius 1 is 0.867 bits per heavy atom. The van der Waals surface area contributed by atoms with E-state index in [0.29, 0.717) is 11.1 Å². The molecule has 1 heterocycles. The largest absolute Gasteiger partial charge is 0.321 e. The normalized spacial score (nSPS) is 10.9. The number of aryl methyl sites for hydroxylation is 3. The molecule has 0 atom stereocenters. The number of fused-ring (bicyclic) bond motifs is 1. The van der Waals surface area contributed by atoms with E-state index in [4.69, 9.17) is 0 Å². The van der Waals surface area contributed by atoms with E-state index in [1.807, 2.05) is 93.6 Å². The van der Waals surface area contributed by atoms with Gasteiger partial charge in [-0.1, -0.05) is 48.5 Å². The number of hydrogen-bond acceptors (Lipinski definition) is 2. The smallest absolute Gasteiger partial charge is 0.258 e. The third-order valence-corrected chi connectivity index (χ3v) is 5.43. The summed E-state index contributed by atoms with van der Waals surface area (Å²) in [6.07, 6.45) is 0. The minimum Gasteiger partial charge on any atom is -0.321 e. The van der Waals surface area contributed by atoms with E-state index >= 15 is 0 Å². The number of benzene rings is 3. The van der Waals surface area contributed by atoms with Crippen LogP contribution in [0.5, 0.6) is 0 Å². The number of hydrogen-bond donors (Lipinski definition) is 1. The quantitative estimate of drug-likeness (QED) is 0.509. The second kappa shape index (κ2) is 7.99. The predicted octanol–water partition coefficient (Wildman–Crippen LogP) is 5.30. The number of rotatable bonds is 4. The number of aromatic nitrogens is 1. The second-order valence-corrected chi connectivity index (χ2v) is 7.71. The summed E-state index contributed by atoms with van der Waals surface area (Å²) in [6, 6.07) is 23.1. The average molecular weight is 396 g/mol. The van der Waals surface area contributed by atoms with Crippen LogP contribution in [0.25, 0.3) is 10.9 Å². The summed E-state index contributed by atoms with van der Waals surface area (Å²) < 4.78 is 0. The summed E-state index contributed by atoms with van der Waals surface area (Å²) >= 11 is 0. The van der Waals surface area contributed by atoms with E-state index in [0.717, 1.165) is 33.3 Å². The Hall–Kier alpha value is -3.66. The standard InChI is InChI=1S/C26H24N2O2/c1-17-8-6-12-22(14-17)28(26(30)23-13-5-4-9-18(23)2)16-21-15-20-11-7-10-19(3)24(20)27-25(21)29/h4-15H,16H2,1-3H3,(H,27,29). The van der Waals surface area contributed by atoms with Crippen molar-refractivity contribution in [2.24, 2.45) is 0 Å². The van der Waals surface area contributed by atoms with Crippen LogP contribution < -0.4 is 10.5 Å². The zero-order valence-corrected chi connectivity index (χ0v) is 17.4. The van der Waals surface area contributed by atoms with Crippen molar-refractivity contribution in [3.8, 4) is 0 Å². The van der Waals surface area contributed by atoms with Crippen LogP contribution in [0.4, 0.5) is 5.69 Å². The molecule has 4 nitrogen and oxygen atoms in total. The monoisotopic (exact) mass is 396 g/mol. The molecule has 0 aliphatic heterocycles. The molecule has 4 aromatic rings. The molecule has 4 rings (SSSR count). The van der Waals surface area contributed by atoms with Crippen molar-refractivity contribution >= 4 is 22.5 Å². The molecule has 0 saturated heterocycles. The van der Waals surface area contributed by atoms with Crippen LogP contribution in [0.3, 0.4) is 0 Å². The lowest BCUT2D eigenvalue weighted by Gasteiger charge is -2.24. The SMILES string of the molecule is Cc1cccc(N(Cc2cc3cccc(C)c3[nH]c2=O)C(=O)c2ccccc2C)c1. The number of carbonyl (C=O) groups is 1. The Balaban J connectivity index is 1.82. The van der Waals surface area contributed by atoms with Gasteiger partial charge in [0, 0.05) is 16.8 Å². The van der Waals surface area contributed by atoms with Gasteiger partial charge in [-0.25, -0.2) is 0 Å². The van der Waals surface area contributed by atoms with Gasteiger partial charge < -0.3 is 9.88 Å². The van der Waals surface area contributed by atoms with E-state index in [2.05, 4.69) is 4.98 Å². The highest BCUT2D eigenvalue weighted by Crippen LogP contribution is 2.23. The average Bonchev–Trinajstić information content (AvgIpc) is 2.73. The predicted molar refractivity (Wildman–Crippen MR) is 122 cm³/mol. The molecular weight excluding hydrogens is 372 g/mol. The van der Waals surface area contributed by atoms with Gasteiger partial charge >= 0.3 is 0 Å². The molecule has 30 heavy (non-hydrogen) atoms. The molecule has 0 aliphatic carbocycles. The van der Waals surface area contributed by atoms with Crippen LogP contribution in [0.2, 0.25) is 0 Å². The number of nitrogens with one attached hydrogen (secondary N) is 1. The van der Waals surface area contributed by atoms with Crippen LogP contribution in [0.15, 0.2) is 77.6 Å². The second-order valence-electron chi connectivity index (χ2n) is 7.71. The minimum absolute atomic E-state index is 0.123. The number of amides is 1. The molecule has 0 radical (unpaired) electrons. The zero-order valence-electron chi connectivity index (χ0n) is 17.4. The van der Waals surface area contributed by atoms with Crippen LogP contribution >= 0.6 is 0 Å². The van der Waals surface area contributed by atoms with Gasteiger partial charge in [0.15, 0.2) is 0 Å². The number of pyridine rings is 1. The van der Waals surface area contributed by atoms with Gasteiger partial charge in [0.05, 0.1) is 12.1 Å². The number of carbonyl (C=O) groups excluding carboxylic acids is 1. The molecule has 1 aromatic heterocycles. The fraction of sp³-hybridized carbons (Fsp3) is 0.154. The van der Waals surface area contributed by atoms with Gasteiger partial charge in [-0.2, -0.15) is 0 Å². The Morgan fingerprint density at radius 3 is 2.37 bits per heavy atom. The Labute approximate surface area is 175 Å². The maximum atomic E-state index is 13.5. The van der Waals surface area contributed by atoms with Gasteiger partial charge in [0.25, 0.3) is 11.5 Å². The van der Waals surface area contributed by atoms with E-state index in [1.165, 1.54) is 0 Å². The third-order valence-electron chi connectivity index (χ3n) is 5.43. The first-order chi connectivity index (χ1) is 14.4. The summed E-state index contributed by atoms with van der Waals surface area (Å²) in [4.78, 5) is 31.0. The Morgan fingerprint density at radius 2 is 1.60 bits per heavy atom. The van der Waals surface area contributed by atoms with Crippen molar-refractivity contribution < 1.29 is 4.79 Å². The number of aromatic amines is 1. The van der Waals surface area contributed by atoms with E-state index in [-0.39, 0.29) is 18.0 Å². The van der Waals surface area contributed by atoms with Crippen molar-refractivity contribution in [2.75, 3.05) is 4.90 Å². The van der Waals surface area contributed by atoms with Crippen molar-refractivity contribution in [2.45, 2.75) is 27.3 Å². The Kier molecular flexibility index (Phi) is 5.23. The lowest BCUT2D eigenvalue weighted by molar-refractivity contribution is 0.0984. The van der Waals surface area contributed by atoms with Crippen molar-refractivity contribution in [3.05, 3.63) is 111 Å². The first-order valence-electron chi connectivity index (χ1n) is 10.00. The summed E-state index contributed by atoms with van der Waals surface area (Å²) in [6.45, 7) is 6.08. The molecule has 4 heteroatoms. The highest BCUT2D eigenvalue weighted by atomic mass is 16.2. The summed E-state index contributed by atoms with van der Waals surface area (Å²) in [5, 5.41) is 0.956. The van der Waals surface area contributed by atoms with Crippen LogP contribution in [0, 0.1) is 20.8 Å². The fourth-order valence-corrected chi connectivity index (χ4v) is 3.75. The molecule has 1 amide bonds. The topological polar surface area (TPSA) is 53.2 Å². The molecular formula is C26H24N2O2. The summed E-state index contributed by atoms with van der Waals surface area (Å²) in [7, 11) is 0. The maximum absolute atomic E-state index is 13.5. The van der Waals surface area contributed by atoms with Crippen LogP contribution in [-0.2, 0) is 6.54 Å². The molecule has 0 aliphatic rings. The molecule has 0 unspecified atom stereocenters. The van der Waals surface area contributed by atoms with Gasteiger partial charge in [-0.05, 0) is 67.1 Å². The van der Waals surface area contributed by atoms with E-state index in [9.17, 15) is 9.59 Å². The molecule has 0 bridgehead atoms. The minimum atomic E-state index is -0.174.